The van der Waals surface area contributed by atoms with Gasteiger partial charge in [0.15, 0.2) is 0 Å². The molecular weight excluding hydrogens is 274 g/mol. The topological polar surface area (TPSA) is 92.7 Å². The number of aryl methyl sites for hydroxylation is 1. The van der Waals surface area contributed by atoms with Gasteiger partial charge in [0.2, 0.25) is 0 Å². The van der Waals surface area contributed by atoms with Crippen LogP contribution in [0.15, 0.2) is 18.2 Å². The number of esters is 1. The lowest BCUT2D eigenvalue weighted by Crippen LogP contribution is -2.41. The van der Waals surface area contributed by atoms with Crippen molar-refractivity contribution in [1.29, 1.82) is 0 Å². The molecule has 2 N–H and O–H groups in total. The Morgan fingerprint density at radius 1 is 1.29 bits per heavy atom. The Labute approximate surface area is 123 Å². The summed E-state index contributed by atoms with van der Waals surface area (Å²) in [5.41, 5.74) is 2.18. The third-order valence-corrected chi connectivity index (χ3v) is 3.32. The number of nitrogens with one attached hydrogen (secondary N) is 1. The van der Waals surface area contributed by atoms with E-state index in [9.17, 15) is 14.4 Å². The molecule has 0 saturated heterocycles. The molecule has 0 saturated carbocycles. The number of aliphatic carboxylic acids is 1. The van der Waals surface area contributed by atoms with Gasteiger partial charge in [-0.2, -0.15) is 0 Å². The minimum atomic E-state index is -1.18. The molecule has 0 unspecified atom stereocenters. The maximum Gasteiger partial charge on any atom is 0.326 e. The van der Waals surface area contributed by atoms with Gasteiger partial charge in [0, 0.05) is 12.0 Å². The minimum absolute atomic E-state index is 0.0153. The molecule has 0 aliphatic carbocycles. The molecule has 1 aromatic rings. The summed E-state index contributed by atoms with van der Waals surface area (Å²) in [4.78, 5) is 34.4. The van der Waals surface area contributed by atoms with E-state index >= 15 is 0 Å². The zero-order chi connectivity index (χ0) is 16.0. The van der Waals surface area contributed by atoms with E-state index in [0.29, 0.717) is 5.56 Å². The molecule has 6 heteroatoms. The van der Waals surface area contributed by atoms with Crippen molar-refractivity contribution in [1.82, 2.24) is 5.32 Å². The van der Waals surface area contributed by atoms with Crippen molar-refractivity contribution in [2.75, 3.05) is 7.11 Å². The number of benzene rings is 1. The van der Waals surface area contributed by atoms with Crippen LogP contribution in [0.5, 0.6) is 0 Å². The average molecular weight is 293 g/mol. The van der Waals surface area contributed by atoms with E-state index in [1.54, 1.807) is 19.1 Å². The van der Waals surface area contributed by atoms with Gasteiger partial charge in [0.25, 0.3) is 5.91 Å². The number of carbonyl (C=O) groups excluding carboxylic acids is 2. The molecule has 1 amide bonds. The fraction of sp³-hybridized carbons (Fsp3) is 0.400. The standard InChI is InChI=1S/C15H19NO5/c1-9-5-4-6-11(10(9)2)14(18)16-12(15(19)20)7-8-13(17)21-3/h4-6,12H,7-8H2,1-3H3,(H,16,18)(H,19,20)/t12-/m0/s1. The summed E-state index contributed by atoms with van der Waals surface area (Å²) in [5.74, 6) is -2.16. The molecule has 0 aliphatic rings. The van der Waals surface area contributed by atoms with Gasteiger partial charge < -0.3 is 15.2 Å². The van der Waals surface area contributed by atoms with E-state index in [1.165, 1.54) is 7.11 Å². The van der Waals surface area contributed by atoms with E-state index in [4.69, 9.17) is 5.11 Å². The van der Waals surface area contributed by atoms with Gasteiger partial charge in [-0.3, -0.25) is 9.59 Å². The molecule has 114 valence electrons. The van der Waals surface area contributed by atoms with Crippen LogP contribution in [0.25, 0.3) is 0 Å². The Kier molecular flexibility index (Phi) is 5.90. The van der Waals surface area contributed by atoms with Crippen LogP contribution < -0.4 is 5.32 Å². The third-order valence-electron chi connectivity index (χ3n) is 3.32. The molecule has 1 rings (SSSR count). The summed E-state index contributed by atoms with van der Waals surface area (Å²) in [6.07, 6.45) is -0.0842. The van der Waals surface area contributed by atoms with Crippen LogP contribution in [0.2, 0.25) is 0 Å². The number of hydrogen-bond acceptors (Lipinski definition) is 4. The fourth-order valence-corrected chi connectivity index (χ4v) is 1.85. The van der Waals surface area contributed by atoms with Crippen molar-refractivity contribution in [3.8, 4) is 0 Å². The number of amides is 1. The monoisotopic (exact) mass is 293 g/mol. The second-order valence-corrected chi connectivity index (χ2v) is 4.73. The van der Waals surface area contributed by atoms with E-state index in [1.807, 2.05) is 13.0 Å². The first-order valence-corrected chi connectivity index (χ1v) is 6.53. The lowest BCUT2D eigenvalue weighted by molar-refractivity contribution is -0.142. The number of hydrogen-bond donors (Lipinski definition) is 2. The Morgan fingerprint density at radius 3 is 2.52 bits per heavy atom. The summed E-state index contributed by atoms with van der Waals surface area (Å²) >= 11 is 0. The van der Waals surface area contributed by atoms with Gasteiger partial charge in [-0.05, 0) is 37.5 Å². The van der Waals surface area contributed by atoms with Crippen molar-refractivity contribution < 1.29 is 24.2 Å². The van der Waals surface area contributed by atoms with E-state index < -0.39 is 23.9 Å². The number of rotatable bonds is 6. The number of methoxy groups -OCH3 is 1. The smallest absolute Gasteiger partial charge is 0.326 e. The molecule has 0 spiro atoms. The van der Waals surface area contributed by atoms with Crippen LogP contribution >= 0.6 is 0 Å². The van der Waals surface area contributed by atoms with Crippen LogP contribution in [0.4, 0.5) is 0 Å². The average Bonchev–Trinajstić information content (AvgIpc) is 2.45. The fourth-order valence-electron chi connectivity index (χ4n) is 1.85. The van der Waals surface area contributed by atoms with Crippen molar-refractivity contribution in [3.05, 3.63) is 34.9 Å². The first-order chi connectivity index (χ1) is 9.86. The Morgan fingerprint density at radius 2 is 1.95 bits per heavy atom. The maximum atomic E-state index is 12.2. The van der Waals surface area contributed by atoms with Gasteiger partial charge in [0.05, 0.1) is 7.11 Å². The highest BCUT2D eigenvalue weighted by atomic mass is 16.5. The lowest BCUT2D eigenvalue weighted by Gasteiger charge is -2.15. The summed E-state index contributed by atoms with van der Waals surface area (Å²) < 4.78 is 4.46. The summed E-state index contributed by atoms with van der Waals surface area (Å²) in [6.45, 7) is 3.67. The van der Waals surface area contributed by atoms with Gasteiger partial charge in [0.1, 0.15) is 6.04 Å². The number of carboxylic acid groups (broad SMARTS) is 1. The molecular formula is C15H19NO5. The molecule has 0 bridgehead atoms. The molecule has 1 aromatic carbocycles. The second kappa shape index (κ2) is 7.42. The Bertz CT molecular complexity index is 553. The molecule has 1 atom stereocenters. The maximum absolute atomic E-state index is 12.2. The van der Waals surface area contributed by atoms with Crippen LogP contribution in [0, 0.1) is 13.8 Å². The predicted octanol–water partition coefficient (Wildman–Crippen LogP) is 1.44. The van der Waals surface area contributed by atoms with Crippen molar-refractivity contribution in [2.24, 2.45) is 0 Å². The van der Waals surface area contributed by atoms with E-state index in [2.05, 4.69) is 10.1 Å². The SMILES string of the molecule is COC(=O)CC[C@H](NC(=O)c1cccc(C)c1C)C(=O)O. The highest BCUT2D eigenvalue weighted by molar-refractivity contribution is 5.98. The molecule has 0 fully saturated rings. The van der Waals surface area contributed by atoms with Crippen molar-refractivity contribution in [3.63, 3.8) is 0 Å². The first kappa shape index (κ1) is 16.7. The number of carboxylic acids is 1. The van der Waals surface area contributed by atoms with Crippen LogP contribution in [0.1, 0.15) is 34.3 Å². The lowest BCUT2D eigenvalue weighted by atomic mass is 10.0. The number of carbonyl (C=O) groups is 3. The van der Waals surface area contributed by atoms with Crippen molar-refractivity contribution in [2.45, 2.75) is 32.7 Å². The third kappa shape index (κ3) is 4.59. The number of ether oxygens (including phenoxy) is 1. The molecule has 0 radical (unpaired) electrons. The van der Waals surface area contributed by atoms with Gasteiger partial charge in [-0.15, -0.1) is 0 Å². The molecule has 21 heavy (non-hydrogen) atoms. The molecule has 6 nitrogen and oxygen atoms in total. The summed E-state index contributed by atoms with van der Waals surface area (Å²) in [5, 5.41) is 11.5. The summed E-state index contributed by atoms with van der Waals surface area (Å²) in [7, 11) is 1.23. The van der Waals surface area contributed by atoms with Gasteiger partial charge >= 0.3 is 11.9 Å². The van der Waals surface area contributed by atoms with Crippen LogP contribution in [-0.4, -0.2) is 36.1 Å². The van der Waals surface area contributed by atoms with Gasteiger partial charge in [-0.1, -0.05) is 12.1 Å². The summed E-state index contributed by atoms with van der Waals surface area (Å²) in [6, 6.07) is 4.12. The Hall–Kier alpha value is -2.37. The predicted molar refractivity (Wildman–Crippen MR) is 76.1 cm³/mol. The zero-order valence-electron chi connectivity index (χ0n) is 12.3. The van der Waals surface area contributed by atoms with E-state index in [-0.39, 0.29) is 12.8 Å². The highest BCUT2D eigenvalue weighted by Crippen LogP contribution is 2.13. The molecule has 0 aromatic heterocycles. The molecule has 0 aliphatic heterocycles. The highest BCUT2D eigenvalue weighted by Gasteiger charge is 2.22. The van der Waals surface area contributed by atoms with Gasteiger partial charge in [-0.25, -0.2) is 4.79 Å². The Balaban J connectivity index is 2.79. The van der Waals surface area contributed by atoms with Crippen molar-refractivity contribution >= 4 is 17.8 Å². The zero-order valence-corrected chi connectivity index (χ0v) is 12.3. The largest absolute Gasteiger partial charge is 0.480 e. The minimum Gasteiger partial charge on any atom is -0.480 e. The van der Waals surface area contributed by atoms with E-state index in [0.717, 1.165) is 11.1 Å². The quantitative estimate of drug-likeness (QED) is 0.774. The normalized spacial score (nSPS) is 11.6. The van der Waals surface area contributed by atoms with Crippen LogP contribution in [-0.2, 0) is 14.3 Å². The van der Waals surface area contributed by atoms with Crippen LogP contribution in [0.3, 0.4) is 0 Å². The molecule has 0 heterocycles. The second-order valence-electron chi connectivity index (χ2n) is 4.73. The first-order valence-electron chi connectivity index (χ1n) is 6.53.